The van der Waals surface area contributed by atoms with Crippen LogP contribution >= 0.6 is 0 Å². The fraction of sp³-hybridized carbons (Fsp3) is 0.167. The summed E-state index contributed by atoms with van der Waals surface area (Å²) in [5.41, 5.74) is 1.57. The molecule has 0 heterocycles. The molecule has 2 N–H and O–H groups in total. The van der Waals surface area contributed by atoms with Crippen LogP contribution in [0.1, 0.15) is 31.1 Å². The smallest absolute Gasteiger partial charge is 0.221 e. The number of nitrogens with one attached hydrogen (secondary N) is 2. The summed E-state index contributed by atoms with van der Waals surface area (Å²) in [4.78, 5) is 33.8. The van der Waals surface area contributed by atoms with Gasteiger partial charge in [0.1, 0.15) is 5.75 Å². The second kappa shape index (κ2) is 7.41. The average molecular weight is 326 g/mol. The van der Waals surface area contributed by atoms with E-state index in [2.05, 4.69) is 10.6 Å². The second-order valence-corrected chi connectivity index (χ2v) is 5.26. The topological polar surface area (TPSA) is 84.5 Å². The van der Waals surface area contributed by atoms with Crippen molar-refractivity contribution in [1.29, 1.82) is 0 Å². The zero-order valence-electron chi connectivity index (χ0n) is 13.7. The number of ketones is 1. The monoisotopic (exact) mass is 326 g/mol. The number of carbonyl (C=O) groups excluding carboxylic acids is 3. The summed E-state index contributed by atoms with van der Waals surface area (Å²) in [6, 6.07) is 11.6. The fourth-order valence-corrected chi connectivity index (χ4v) is 2.07. The van der Waals surface area contributed by atoms with Crippen LogP contribution in [0.3, 0.4) is 0 Å². The van der Waals surface area contributed by atoms with E-state index < -0.39 is 0 Å². The summed E-state index contributed by atoms with van der Waals surface area (Å²) in [7, 11) is 0. The Kier molecular flexibility index (Phi) is 5.31. The molecule has 24 heavy (non-hydrogen) atoms. The first-order chi connectivity index (χ1) is 11.3. The SMILES string of the molecule is CC(=O)Nc1ccc(Oc2ccc(C(C)=O)cc2)c(NC(C)=O)c1. The molecular weight excluding hydrogens is 308 g/mol. The molecule has 124 valence electrons. The number of ether oxygens (including phenoxy) is 1. The highest BCUT2D eigenvalue weighted by atomic mass is 16.5. The Morgan fingerprint density at radius 3 is 2.00 bits per heavy atom. The molecule has 0 radical (unpaired) electrons. The Labute approximate surface area is 139 Å². The van der Waals surface area contributed by atoms with Gasteiger partial charge in [0.15, 0.2) is 11.5 Å². The van der Waals surface area contributed by atoms with Gasteiger partial charge in [0.25, 0.3) is 0 Å². The molecule has 2 amide bonds. The van der Waals surface area contributed by atoms with Crippen LogP contribution in [-0.4, -0.2) is 17.6 Å². The molecule has 0 aliphatic carbocycles. The van der Waals surface area contributed by atoms with E-state index in [1.54, 1.807) is 42.5 Å². The highest BCUT2D eigenvalue weighted by molar-refractivity contribution is 5.94. The summed E-state index contributed by atoms with van der Waals surface area (Å²) in [5.74, 6) is 0.456. The van der Waals surface area contributed by atoms with Crippen molar-refractivity contribution in [3.8, 4) is 11.5 Å². The van der Waals surface area contributed by atoms with Crippen LogP contribution in [0.5, 0.6) is 11.5 Å². The number of benzene rings is 2. The maximum atomic E-state index is 11.4. The number of carbonyl (C=O) groups is 3. The van der Waals surface area contributed by atoms with Crippen molar-refractivity contribution in [2.45, 2.75) is 20.8 Å². The van der Waals surface area contributed by atoms with Crippen molar-refractivity contribution in [3.05, 3.63) is 48.0 Å². The zero-order valence-corrected chi connectivity index (χ0v) is 13.7. The van der Waals surface area contributed by atoms with Gasteiger partial charge < -0.3 is 15.4 Å². The summed E-state index contributed by atoms with van der Waals surface area (Å²) in [6.07, 6.45) is 0. The molecule has 2 rings (SSSR count). The Morgan fingerprint density at radius 2 is 1.46 bits per heavy atom. The van der Waals surface area contributed by atoms with Crippen LogP contribution in [0, 0.1) is 0 Å². The molecule has 2 aromatic rings. The van der Waals surface area contributed by atoms with Crippen molar-refractivity contribution >= 4 is 29.0 Å². The third-order valence-corrected chi connectivity index (χ3v) is 3.10. The van der Waals surface area contributed by atoms with E-state index in [4.69, 9.17) is 4.74 Å². The predicted octanol–water partition coefficient (Wildman–Crippen LogP) is 3.60. The Bertz CT molecular complexity index is 782. The molecular formula is C18H18N2O4. The second-order valence-electron chi connectivity index (χ2n) is 5.26. The van der Waals surface area contributed by atoms with Crippen molar-refractivity contribution in [2.75, 3.05) is 10.6 Å². The van der Waals surface area contributed by atoms with Crippen molar-refractivity contribution in [2.24, 2.45) is 0 Å². The molecule has 0 unspecified atom stereocenters. The number of Topliss-reactive ketones (excluding diaryl/α,β-unsaturated/α-hetero) is 1. The van der Waals surface area contributed by atoms with Crippen LogP contribution in [0.2, 0.25) is 0 Å². The molecule has 0 aliphatic rings. The highest BCUT2D eigenvalue weighted by Crippen LogP contribution is 2.32. The van der Waals surface area contributed by atoms with E-state index in [1.165, 1.54) is 20.8 Å². The van der Waals surface area contributed by atoms with Gasteiger partial charge >= 0.3 is 0 Å². The van der Waals surface area contributed by atoms with E-state index in [0.29, 0.717) is 28.4 Å². The quantitative estimate of drug-likeness (QED) is 0.822. The number of hydrogen-bond acceptors (Lipinski definition) is 4. The molecule has 0 saturated carbocycles. The Morgan fingerprint density at radius 1 is 0.833 bits per heavy atom. The fourth-order valence-electron chi connectivity index (χ4n) is 2.07. The van der Waals surface area contributed by atoms with Gasteiger partial charge in [-0.1, -0.05) is 0 Å². The third kappa shape index (κ3) is 4.67. The lowest BCUT2D eigenvalue weighted by atomic mass is 10.1. The summed E-state index contributed by atoms with van der Waals surface area (Å²) in [5, 5.41) is 5.31. The largest absolute Gasteiger partial charge is 0.455 e. The molecule has 6 heteroatoms. The van der Waals surface area contributed by atoms with Crippen molar-refractivity contribution in [1.82, 2.24) is 0 Å². The first kappa shape index (κ1) is 17.2. The van der Waals surface area contributed by atoms with Crippen LogP contribution in [0.4, 0.5) is 11.4 Å². The summed E-state index contributed by atoms with van der Waals surface area (Å²) < 4.78 is 5.77. The van der Waals surface area contributed by atoms with Crippen LogP contribution in [0.15, 0.2) is 42.5 Å². The van der Waals surface area contributed by atoms with E-state index in [0.717, 1.165) is 0 Å². The number of anilines is 2. The van der Waals surface area contributed by atoms with Gasteiger partial charge in [0, 0.05) is 25.1 Å². The van der Waals surface area contributed by atoms with E-state index in [1.807, 2.05) is 0 Å². The number of hydrogen-bond donors (Lipinski definition) is 2. The molecule has 0 fully saturated rings. The molecule has 0 aliphatic heterocycles. The van der Waals surface area contributed by atoms with Gasteiger partial charge in [0.2, 0.25) is 11.8 Å². The van der Waals surface area contributed by atoms with Crippen LogP contribution in [-0.2, 0) is 9.59 Å². The lowest BCUT2D eigenvalue weighted by Crippen LogP contribution is -2.09. The number of amides is 2. The standard InChI is InChI=1S/C18H18N2O4/c1-11(21)14-4-7-16(8-5-14)24-18-9-6-15(19-12(2)22)10-17(18)20-13(3)23/h4-10H,1-3H3,(H,19,22)(H,20,23). The van der Waals surface area contributed by atoms with Gasteiger partial charge in [-0.15, -0.1) is 0 Å². The van der Waals surface area contributed by atoms with E-state index in [-0.39, 0.29) is 17.6 Å². The Balaban J connectivity index is 2.28. The van der Waals surface area contributed by atoms with E-state index >= 15 is 0 Å². The van der Waals surface area contributed by atoms with Gasteiger partial charge in [-0.05, 0) is 49.4 Å². The lowest BCUT2D eigenvalue weighted by molar-refractivity contribution is -0.115. The van der Waals surface area contributed by atoms with Gasteiger partial charge in [-0.3, -0.25) is 14.4 Å². The van der Waals surface area contributed by atoms with Gasteiger partial charge in [0.05, 0.1) is 5.69 Å². The maximum Gasteiger partial charge on any atom is 0.221 e. The Hall–Kier alpha value is -3.15. The van der Waals surface area contributed by atoms with E-state index in [9.17, 15) is 14.4 Å². The lowest BCUT2D eigenvalue weighted by Gasteiger charge is -2.13. The van der Waals surface area contributed by atoms with Crippen molar-refractivity contribution < 1.29 is 19.1 Å². The zero-order chi connectivity index (χ0) is 17.7. The van der Waals surface area contributed by atoms with Crippen LogP contribution < -0.4 is 15.4 Å². The third-order valence-electron chi connectivity index (χ3n) is 3.10. The number of rotatable bonds is 5. The first-order valence-corrected chi connectivity index (χ1v) is 7.33. The summed E-state index contributed by atoms with van der Waals surface area (Å²) >= 11 is 0. The molecule has 0 spiro atoms. The predicted molar refractivity (Wildman–Crippen MR) is 91.6 cm³/mol. The molecule has 2 aromatic carbocycles. The molecule has 0 aromatic heterocycles. The maximum absolute atomic E-state index is 11.4. The molecule has 0 bridgehead atoms. The average Bonchev–Trinajstić information content (AvgIpc) is 2.49. The summed E-state index contributed by atoms with van der Waals surface area (Å²) in [6.45, 7) is 4.28. The van der Waals surface area contributed by atoms with Gasteiger partial charge in [-0.2, -0.15) is 0 Å². The van der Waals surface area contributed by atoms with Crippen LogP contribution in [0.25, 0.3) is 0 Å². The van der Waals surface area contributed by atoms with Gasteiger partial charge in [-0.25, -0.2) is 0 Å². The van der Waals surface area contributed by atoms with Crippen molar-refractivity contribution in [3.63, 3.8) is 0 Å². The minimum absolute atomic E-state index is 0.0276. The molecule has 6 nitrogen and oxygen atoms in total. The first-order valence-electron chi connectivity index (χ1n) is 7.33. The highest BCUT2D eigenvalue weighted by Gasteiger charge is 2.09. The molecule has 0 atom stereocenters. The minimum Gasteiger partial charge on any atom is -0.455 e. The minimum atomic E-state index is -0.258. The molecule has 0 saturated heterocycles. The normalized spacial score (nSPS) is 9.96.